The Balaban J connectivity index is 1.65. The standard InChI is InChI=1S/C28H34F3N5O4/c1-4-24(37)33-23(26(39)36-14-12-35(3)13-15-36)17-19-10-11-22(21(29)16-19)34-25(38)18(2)32-27(40)28(30,31)20-8-6-5-7-9-20/h5-11,16,18,23H,4,12-15,17H2,1-3H3,(H,32,40)(H,33,37)(H,34,38)/t18-,23+/m0/s1. The van der Waals surface area contributed by atoms with Gasteiger partial charge < -0.3 is 25.8 Å². The van der Waals surface area contributed by atoms with Crippen LogP contribution in [0.4, 0.5) is 18.9 Å². The number of hydrogen-bond acceptors (Lipinski definition) is 5. The maximum atomic E-state index is 14.9. The number of rotatable bonds is 10. The molecule has 0 radical (unpaired) electrons. The van der Waals surface area contributed by atoms with Crippen LogP contribution in [0.15, 0.2) is 48.5 Å². The van der Waals surface area contributed by atoms with Gasteiger partial charge in [0.25, 0.3) is 5.91 Å². The van der Waals surface area contributed by atoms with Crippen LogP contribution in [0.2, 0.25) is 0 Å². The van der Waals surface area contributed by atoms with Gasteiger partial charge in [-0.3, -0.25) is 19.2 Å². The average Bonchev–Trinajstić information content (AvgIpc) is 2.94. The van der Waals surface area contributed by atoms with Crippen LogP contribution in [0.25, 0.3) is 0 Å². The van der Waals surface area contributed by atoms with E-state index >= 15 is 0 Å². The Morgan fingerprint density at radius 2 is 1.62 bits per heavy atom. The molecule has 1 aliphatic heterocycles. The molecule has 9 nitrogen and oxygen atoms in total. The molecule has 4 amide bonds. The fraction of sp³-hybridized carbons (Fsp3) is 0.429. The number of halogens is 3. The van der Waals surface area contributed by atoms with Crippen molar-refractivity contribution >= 4 is 29.3 Å². The molecule has 2 aromatic carbocycles. The van der Waals surface area contributed by atoms with E-state index in [2.05, 4.69) is 15.5 Å². The smallest absolute Gasteiger partial charge is 0.344 e. The maximum Gasteiger partial charge on any atom is 0.349 e. The van der Waals surface area contributed by atoms with Crippen LogP contribution >= 0.6 is 0 Å². The fourth-order valence-corrected chi connectivity index (χ4v) is 4.14. The van der Waals surface area contributed by atoms with E-state index in [0.717, 1.165) is 18.2 Å². The zero-order chi connectivity index (χ0) is 29.4. The Bertz CT molecular complexity index is 1220. The zero-order valence-corrected chi connectivity index (χ0v) is 22.7. The van der Waals surface area contributed by atoms with E-state index in [1.165, 1.54) is 37.3 Å². The van der Waals surface area contributed by atoms with Crippen molar-refractivity contribution in [3.05, 3.63) is 65.5 Å². The molecule has 1 fully saturated rings. The summed E-state index contributed by atoms with van der Waals surface area (Å²) < 4.78 is 43.8. The number of amides is 4. The highest BCUT2D eigenvalue weighted by Gasteiger charge is 2.41. The number of hydrogen-bond donors (Lipinski definition) is 3. The van der Waals surface area contributed by atoms with E-state index in [0.29, 0.717) is 31.7 Å². The van der Waals surface area contributed by atoms with Crippen LogP contribution in [0, 0.1) is 5.82 Å². The average molecular weight is 562 g/mol. The van der Waals surface area contributed by atoms with Gasteiger partial charge in [0.1, 0.15) is 17.9 Å². The van der Waals surface area contributed by atoms with E-state index in [-0.39, 0.29) is 30.3 Å². The maximum absolute atomic E-state index is 14.9. The van der Waals surface area contributed by atoms with Crippen molar-refractivity contribution in [1.29, 1.82) is 0 Å². The molecular formula is C28H34F3N5O4. The summed E-state index contributed by atoms with van der Waals surface area (Å²) in [7, 11) is 1.95. The summed E-state index contributed by atoms with van der Waals surface area (Å²) in [6, 6.07) is 8.06. The number of nitrogens with one attached hydrogen (secondary N) is 3. The quantitative estimate of drug-likeness (QED) is 0.412. The van der Waals surface area contributed by atoms with Crippen molar-refractivity contribution < 1.29 is 32.3 Å². The Labute approximate surface area is 231 Å². The van der Waals surface area contributed by atoms with Crippen molar-refractivity contribution in [2.24, 2.45) is 0 Å². The number of likely N-dealkylation sites (N-methyl/N-ethyl adjacent to an activating group) is 1. The van der Waals surface area contributed by atoms with E-state index in [9.17, 15) is 32.3 Å². The highest BCUT2D eigenvalue weighted by molar-refractivity contribution is 5.98. The lowest BCUT2D eigenvalue weighted by atomic mass is 10.0. The normalized spacial score (nSPS) is 15.6. The van der Waals surface area contributed by atoms with Gasteiger partial charge in [0, 0.05) is 44.6 Å². The molecule has 3 rings (SSSR count). The molecule has 0 spiro atoms. The number of nitrogens with zero attached hydrogens (tertiary/aromatic N) is 2. The molecule has 12 heteroatoms. The van der Waals surface area contributed by atoms with E-state index in [4.69, 9.17) is 0 Å². The first kappa shape index (κ1) is 30.6. The summed E-state index contributed by atoms with van der Waals surface area (Å²) in [5.41, 5.74) is -0.353. The third kappa shape index (κ3) is 7.81. The van der Waals surface area contributed by atoms with Crippen LogP contribution in [0.3, 0.4) is 0 Å². The highest BCUT2D eigenvalue weighted by Crippen LogP contribution is 2.28. The highest BCUT2D eigenvalue weighted by atomic mass is 19.3. The predicted octanol–water partition coefficient (Wildman–Crippen LogP) is 2.27. The molecule has 2 atom stereocenters. The minimum atomic E-state index is -3.87. The first-order valence-electron chi connectivity index (χ1n) is 13.0. The van der Waals surface area contributed by atoms with Crippen LogP contribution in [0.1, 0.15) is 31.4 Å². The van der Waals surface area contributed by atoms with Crippen LogP contribution in [0.5, 0.6) is 0 Å². The number of alkyl halides is 2. The number of carbonyl (C=O) groups is 4. The topological polar surface area (TPSA) is 111 Å². The van der Waals surface area contributed by atoms with Crippen LogP contribution in [-0.2, 0) is 31.5 Å². The summed E-state index contributed by atoms with van der Waals surface area (Å²) in [4.78, 5) is 53.7. The number of benzene rings is 2. The minimum absolute atomic E-state index is 0.0308. The van der Waals surface area contributed by atoms with Crippen molar-refractivity contribution in [2.45, 2.75) is 44.7 Å². The van der Waals surface area contributed by atoms with Crippen LogP contribution < -0.4 is 16.0 Å². The number of anilines is 1. The first-order chi connectivity index (χ1) is 18.9. The molecular weight excluding hydrogens is 527 g/mol. The number of piperazine rings is 1. The van der Waals surface area contributed by atoms with Crippen molar-refractivity contribution in [3.63, 3.8) is 0 Å². The summed E-state index contributed by atoms with van der Waals surface area (Å²) in [6.45, 7) is 5.29. The van der Waals surface area contributed by atoms with Crippen molar-refractivity contribution in [1.82, 2.24) is 20.4 Å². The molecule has 0 unspecified atom stereocenters. The van der Waals surface area contributed by atoms with E-state index in [1.54, 1.807) is 11.8 Å². The molecule has 3 N–H and O–H groups in total. The summed E-state index contributed by atoms with van der Waals surface area (Å²) in [5, 5.41) is 6.95. The van der Waals surface area contributed by atoms with Gasteiger partial charge in [-0.1, -0.05) is 43.3 Å². The van der Waals surface area contributed by atoms with E-state index < -0.39 is 41.2 Å². The monoisotopic (exact) mass is 561 g/mol. The van der Waals surface area contributed by atoms with Crippen molar-refractivity contribution in [2.75, 3.05) is 38.5 Å². The summed E-state index contributed by atoms with van der Waals surface area (Å²) in [5.74, 6) is -7.83. The molecule has 40 heavy (non-hydrogen) atoms. The van der Waals surface area contributed by atoms with Crippen molar-refractivity contribution in [3.8, 4) is 0 Å². The second kappa shape index (κ2) is 13.4. The Hall–Kier alpha value is -3.93. The fourth-order valence-electron chi connectivity index (χ4n) is 4.14. The molecule has 0 aliphatic carbocycles. The molecule has 2 aromatic rings. The summed E-state index contributed by atoms with van der Waals surface area (Å²) in [6.07, 6.45) is 0.209. The molecule has 0 bridgehead atoms. The Morgan fingerprint density at radius 1 is 0.975 bits per heavy atom. The molecule has 1 heterocycles. The van der Waals surface area contributed by atoms with Gasteiger partial charge in [-0.25, -0.2) is 4.39 Å². The Morgan fingerprint density at radius 3 is 2.23 bits per heavy atom. The second-order valence-electron chi connectivity index (χ2n) is 9.75. The van der Waals surface area contributed by atoms with Gasteiger partial charge in [-0.05, 0) is 31.7 Å². The van der Waals surface area contributed by atoms with Gasteiger partial charge in [-0.15, -0.1) is 0 Å². The molecule has 0 aromatic heterocycles. The van der Waals surface area contributed by atoms with Gasteiger partial charge in [0.15, 0.2) is 0 Å². The lowest BCUT2D eigenvalue weighted by Gasteiger charge is -2.34. The first-order valence-corrected chi connectivity index (χ1v) is 13.0. The molecule has 1 saturated heterocycles. The van der Waals surface area contributed by atoms with Gasteiger partial charge in [0.2, 0.25) is 17.7 Å². The van der Waals surface area contributed by atoms with Gasteiger partial charge in [0.05, 0.1) is 5.69 Å². The lowest BCUT2D eigenvalue weighted by molar-refractivity contribution is -0.148. The minimum Gasteiger partial charge on any atom is -0.344 e. The zero-order valence-electron chi connectivity index (χ0n) is 22.7. The second-order valence-corrected chi connectivity index (χ2v) is 9.75. The predicted molar refractivity (Wildman–Crippen MR) is 143 cm³/mol. The van der Waals surface area contributed by atoms with Gasteiger partial charge in [-0.2, -0.15) is 8.78 Å². The lowest BCUT2D eigenvalue weighted by Crippen LogP contribution is -2.54. The summed E-state index contributed by atoms with van der Waals surface area (Å²) >= 11 is 0. The number of carbonyl (C=O) groups excluding carboxylic acids is 4. The molecule has 216 valence electrons. The van der Waals surface area contributed by atoms with Gasteiger partial charge >= 0.3 is 5.92 Å². The Kier molecular flexibility index (Phi) is 10.3. The SMILES string of the molecule is CCC(=O)N[C@H](Cc1ccc(NC(=O)[C@H](C)NC(=O)C(F)(F)c2ccccc2)c(F)c1)C(=O)N1CCN(C)CC1. The molecule has 1 aliphatic rings. The van der Waals surface area contributed by atoms with Crippen LogP contribution in [-0.4, -0.2) is 78.7 Å². The third-order valence-corrected chi connectivity index (χ3v) is 6.66. The molecule has 0 saturated carbocycles. The third-order valence-electron chi connectivity index (χ3n) is 6.66. The van der Waals surface area contributed by atoms with E-state index in [1.807, 2.05) is 12.4 Å². The largest absolute Gasteiger partial charge is 0.349 e.